The van der Waals surface area contributed by atoms with Crippen LogP contribution in [0.25, 0.3) is 0 Å². The third-order valence-corrected chi connectivity index (χ3v) is 4.83. The number of carbonyl (C=O) groups is 1. The molecule has 1 N–H and O–H groups in total. The first kappa shape index (κ1) is 17.6. The molecule has 0 unspecified atom stereocenters. The molecule has 1 aliphatic rings. The van der Waals surface area contributed by atoms with Gasteiger partial charge in [0.05, 0.1) is 11.5 Å². The van der Waals surface area contributed by atoms with Gasteiger partial charge in [-0.2, -0.15) is 0 Å². The molecule has 21 heavy (non-hydrogen) atoms. The van der Waals surface area contributed by atoms with E-state index in [2.05, 4.69) is 5.32 Å². The minimum Gasteiger partial charge on any atom is -0.307 e. The second kappa shape index (κ2) is 6.56. The van der Waals surface area contributed by atoms with Gasteiger partial charge >= 0.3 is 0 Å². The molecule has 0 radical (unpaired) electrons. The first-order chi connectivity index (χ1) is 9.34. The summed E-state index contributed by atoms with van der Waals surface area (Å²) in [6.45, 7) is 0.105. The number of amides is 1. The molecule has 1 aliphatic heterocycles. The Bertz CT molecular complexity index is 679. The summed E-state index contributed by atoms with van der Waals surface area (Å²) >= 11 is 5.64. The van der Waals surface area contributed by atoms with Crippen molar-refractivity contribution < 1.29 is 18.1 Å². The van der Waals surface area contributed by atoms with Gasteiger partial charge in [0, 0.05) is 24.2 Å². The van der Waals surface area contributed by atoms with Gasteiger partial charge in [-0.25, -0.2) is 12.7 Å². The molecular weight excluding hydrogens is 345 g/mol. The number of halogens is 2. The molecule has 0 spiro atoms. The molecular formula is C10H11Cl2N3O5S. The molecule has 1 aromatic carbocycles. The highest BCUT2D eigenvalue weighted by molar-refractivity contribution is 7.89. The second-order valence-electron chi connectivity index (χ2n) is 4.02. The van der Waals surface area contributed by atoms with Crippen LogP contribution >= 0.6 is 24.0 Å². The number of sulfonamides is 1. The Balaban J connectivity index is 0.00000220. The highest BCUT2D eigenvalue weighted by Gasteiger charge is 2.35. The zero-order valence-corrected chi connectivity index (χ0v) is 12.9. The van der Waals surface area contributed by atoms with Crippen LogP contribution in [0.4, 0.5) is 5.69 Å². The quantitative estimate of drug-likeness (QED) is 0.633. The van der Waals surface area contributed by atoms with E-state index >= 15 is 0 Å². The molecule has 1 fully saturated rings. The lowest BCUT2D eigenvalue weighted by molar-refractivity contribution is -0.387. The Morgan fingerprint density at radius 1 is 1.38 bits per heavy atom. The molecule has 0 aromatic heterocycles. The number of rotatable bonds is 3. The predicted octanol–water partition coefficient (Wildman–Crippen LogP) is 0.790. The molecule has 0 aliphatic carbocycles. The number of nitrogens with zero attached hydrogens (tertiary/aromatic N) is 2. The van der Waals surface area contributed by atoms with Crippen molar-refractivity contribution in [1.29, 1.82) is 0 Å². The van der Waals surface area contributed by atoms with Gasteiger partial charge in [-0.1, -0.05) is 11.6 Å². The summed E-state index contributed by atoms with van der Waals surface area (Å²) in [7, 11) is -4.26. The van der Waals surface area contributed by atoms with E-state index in [1.54, 1.807) is 0 Å². The van der Waals surface area contributed by atoms with Crippen LogP contribution in [0.2, 0.25) is 5.02 Å². The standard InChI is InChI=1S/C10H10ClN3O5S.ClH/c11-7-1-2-9(8(5-7)14(16)17)20(18,19)13-4-3-12-6-10(13)15;/h1-2,5,12H,3-4,6H2;1H. The fourth-order valence-electron chi connectivity index (χ4n) is 1.81. The number of benzene rings is 1. The number of carbonyl (C=O) groups excluding carboxylic acids is 1. The zero-order chi connectivity index (χ0) is 14.9. The Hall–Kier alpha value is -1.42. The van der Waals surface area contributed by atoms with E-state index < -0.39 is 31.4 Å². The van der Waals surface area contributed by atoms with Gasteiger partial charge < -0.3 is 5.32 Å². The summed E-state index contributed by atoms with van der Waals surface area (Å²) in [6, 6.07) is 3.21. The van der Waals surface area contributed by atoms with Crippen LogP contribution in [0.1, 0.15) is 0 Å². The van der Waals surface area contributed by atoms with E-state index in [9.17, 15) is 23.3 Å². The maximum atomic E-state index is 12.4. The lowest BCUT2D eigenvalue weighted by atomic mass is 10.3. The molecule has 0 saturated carbocycles. The molecule has 0 bridgehead atoms. The van der Waals surface area contributed by atoms with Crippen LogP contribution in [0.15, 0.2) is 23.1 Å². The first-order valence-electron chi connectivity index (χ1n) is 5.54. The molecule has 1 saturated heterocycles. The van der Waals surface area contributed by atoms with Crippen LogP contribution < -0.4 is 5.32 Å². The Morgan fingerprint density at radius 2 is 2.05 bits per heavy atom. The van der Waals surface area contributed by atoms with Gasteiger partial charge in [0.2, 0.25) is 5.91 Å². The Morgan fingerprint density at radius 3 is 2.62 bits per heavy atom. The fraction of sp³-hybridized carbons (Fsp3) is 0.300. The van der Waals surface area contributed by atoms with Crippen LogP contribution in [0.3, 0.4) is 0 Å². The van der Waals surface area contributed by atoms with Gasteiger partial charge in [0.15, 0.2) is 4.90 Å². The number of nitro benzene ring substituents is 1. The molecule has 11 heteroatoms. The van der Waals surface area contributed by atoms with Crippen molar-refractivity contribution in [3.63, 3.8) is 0 Å². The third-order valence-electron chi connectivity index (χ3n) is 2.73. The van der Waals surface area contributed by atoms with Crippen molar-refractivity contribution in [3.8, 4) is 0 Å². The van der Waals surface area contributed by atoms with Crippen molar-refractivity contribution in [2.45, 2.75) is 4.90 Å². The number of nitro groups is 1. The predicted molar refractivity (Wildman–Crippen MR) is 77.1 cm³/mol. The van der Waals surface area contributed by atoms with Crippen molar-refractivity contribution in [2.75, 3.05) is 19.6 Å². The summed E-state index contributed by atoms with van der Waals surface area (Å²) in [4.78, 5) is 21.2. The smallest absolute Gasteiger partial charge is 0.291 e. The molecule has 1 amide bonds. The minimum absolute atomic E-state index is 0. The van der Waals surface area contributed by atoms with Gasteiger partial charge in [-0.15, -0.1) is 12.4 Å². The van der Waals surface area contributed by atoms with E-state index in [0.29, 0.717) is 10.8 Å². The normalized spacial score (nSPS) is 15.5. The highest BCUT2D eigenvalue weighted by atomic mass is 35.5. The average Bonchev–Trinajstić information content (AvgIpc) is 2.38. The second-order valence-corrected chi connectivity index (χ2v) is 6.28. The number of piperazine rings is 1. The molecule has 1 aromatic rings. The van der Waals surface area contributed by atoms with Crippen molar-refractivity contribution in [2.24, 2.45) is 0 Å². The molecule has 116 valence electrons. The third kappa shape index (κ3) is 3.43. The maximum absolute atomic E-state index is 12.4. The van der Waals surface area contributed by atoms with Crippen LogP contribution in [-0.4, -0.2) is 43.2 Å². The SMILES string of the molecule is Cl.O=C1CNCCN1S(=O)(=O)c1ccc(Cl)cc1[N+](=O)[O-]. The van der Waals surface area contributed by atoms with E-state index in [1.165, 1.54) is 6.07 Å². The van der Waals surface area contributed by atoms with Gasteiger partial charge in [0.25, 0.3) is 15.7 Å². The minimum atomic E-state index is -4.26. The van der Waals surface area contributed by atoms with Gasteiger partial charge in [-0.3, -0.25) is 14.9 Å². The van der Waals surface area contributed by atoms with Crippen molar-refractivity contribution in [1.82, 2.24) is 9.62 Å². The topological polar surface area (TPSA) is 110 Å². The summed E-state index contributed by atoms with van der Waals surface area (Å²) in [5, 5.41) is 13.7. The monoisotopic (exact) mass is 355 g/mol. The Labute approximate surface area is 131 Å². The highest BCUT2D eigenvalue weighted by Crippen LogP contribution is 2.29. The van der Waals surface area contributed by atoms with E-state index in [4.69, 9.17) is 11.6 Å². The lowest BCUT2D eigenvalue weighted by Gasteiger charge is -2.26. The van der Waals surface area contributed by atoms with Crippen molar-refractivity contribution in [3.05, 3.63) is 33.3 Å². The average molecular weight is 356 g/mol. The molecule has 1 heterocycles. The molecule has 2 rings (SSSR count). The number of hydrogen-bond acceptors (Lipinski definition) is 6. The van der Waals surface area contributed by atoms with Crippen LogP contribution in [-0.2, 0) is 14.8 Å². The molecule has 8 nitrogen and oxygen atoms in total. The maximum Gasteiger partial charge on any atom is 0.291 e. The number of nitrogens with one attached hydrogen (secondary N) is 1. The van der Waals surface area contributed by atoms with E-state index in [0.717, 1.165) is 12.1 Å². The summed E-state index contributed by atoms with van der Waals surface area (Å²) < 4.78 is 25.4. The number of hydrogen-bond donors (Lipinski definition) is 1. The largest absolute Gasteiger partial charge is 0.307 e. The van der Waals surface area contributed by atoms with Gasteiger partial charge in [0.1, 0.15) is 0 Å². The van der Waals surface area contributed by atoms with E-state index in [1.807, 2.05) is 0 Å². The van der Waals surface area contributed by atoms with Gasteiger partial charge in [-0.05, 0) is 12.1 Å². The summed E-state index contributed by atoms with van der Waals surface area (Å²) in [5.41, 5.74) is -0.649. The lowest BCUT2D eigenvalue weighted by Crippen LogP contribution is -2.50. The zero-order valence-electron chi connectivity index (χ0n) is 10.5. The Kier molecular flexibility index (Phi) is 5.51. The van der Waals surface area contributed by atoms with Crippen molar-refractivity contribution >= 4 is 45.6 Å². The first-order valence-corrected chi connectivity index (χ1v) is 7.36. The van der Waals surface area contributed by atoms with Crippen LogP contribution in [0.5, 0.6) is 0 Å². The molecule has 0 atom stereocenters. The summed E-state index contributed by atoms with van der Waals surface area (Å²) in [6.07, 6.45) is 0. The van der Waals surface area contributed by atoms with Crippen LogP contribution in [0, 0.1) is 10.1 Å². The van der Waals surface area contributed by atoms with E-state index in [-0.39, 0.29) is 30.5 Å². The summed E-state index contributed by atoms with van der Waals surface area (Å²) in [5.74, 6) is -0.652. The fourth-order valence-corrected chi connectivity index (χ4v) is 3.52.